The number of methoxy groups -OCH3 is 1. The van der Waals surface area contributed by atoms with Crippen molar-refractivity contribution in [3.8, 4) is 17.1 Å². The number of aryl methyl sites for hydroxylation is 2. The first-order valence-electron chi connectivity index (χ1n) is 16.8. The van der Waals surface area contributed by atoms with Gasteiger partial charge in [0.25, 0.3) is 15.9 Å². The third-order valence-corrected chi connectivity index (χ3v) is 10.7. The minimum absolute atomic E-state index is 0.0860. The summed E-state index contributed by atoms with van der Waals surface area (Å²) in [5.74, 6) is 0.387. The van der Waals surface area contributed by atoms with Gasteiger partial charge < -0.3 is 19.3 Å². The van der Waals surface area contributed by atoms with Gasteiger partial charge in [-0.1, -0.05) is 45.0 Å². The SMILES string of the molecule is CO[C@@H]1CC[C@@H]1N(C)c1cncc(CN2C(=O)c3cccc(c3)S(=O)(=O)Nc3nc(cc(-c4c(C)cccc4C)n3)OC[C@H]2CC(C)(C)C)n1. The third kappa shape index (κ3) is 7.58. The molecule has 4 aromatic rings. The molecule has 0 unspecified atom stereocenters. The van der Waals surface area contributed by atoms with Crippen LogP contribution in [0.4, 0.5) is 11.8 Å². The third-order valence-electron chi connectivity index (χ3n) is 9.37. The number of fused-ring (bicyclic) bond motifs is 4. The summed E-state index contributed by atoms with van der Waals surface area (Å²) in [5, 5.41) is 0. The highest BCUT2D eigenvalue weighted by atomic mass is 32.2. The number of benzene rings is 2. The van der Waals surface area contributed by atoms with Crippen LogP contribution in [0.25, 0.3) is 11.3 Å². The molecule has 2 aromatic carbocycles. The molecule has 3 heterocycles. The highest BCUT2D eigenvalue weighted by Gasteiger charge is 2.36. The molecule has 1 saturated carbocycles. The highest BCUT2D eigenvalue weighted by Crippen LogP contribution is 2.33. The van der Waals surface area contributed by atoms with Gasteiger partial charge in [0.05, 0.1) is 53.4 Å². The second-order valence-corrected chi connectivity index (χ2v) is 16.1. The summed E-state index contributed by atoms with van der Waals surface area (Å²) in [6.07, 6.45) is 6.04. The van der Waals surface area contributed by atoms with Crippen molar-refractivity contribution in [3.63, 3.8) is 0 Å². The number of carbonyl (C=O) groups excluding carboxylic acids is 1. The molecule has 1 aliphatic heterocycles. The van der Waals surface area contributed by atoms with Crippen molar-refractivity contribution in [2.75, 3.05) is 30.4 Å². The molecule has 1 aliphatic carbocycles. The fourth-order valence-electron chi connectivity index (χ4n) is 6.70. The Morgan fingerprint density at radius 3 is 2.44 bits per heavy atom. The van der Waals surface area contributed by atoms with Gasteiger partial charge in [0.1, 0.15) is 12.4 Å². The van der Waals surface area contributed by atoms with Crippen LogP contribution in [0.3, 0.4) is 0 Å². The average Bonchev–Trinajstić information content (AvgIpc) is 3.04. The van der Waals surface area contributed by atoms with Crippen molar-refractivity contribution in [2.24, 2.45) is 5.41 Å². The quantitative estimate of drug-likeness (QED) is 0.252. The fourth-order valence-corrected chi connectivity index (χ4v) is 7.69. The Bertz CT molecular complexity index is 1980. The molecule has 4 bridgehead atoms. The maximum absolute atomic E-state index is 14.5. The van der Waals surface area contributed by atoms with E-state index in [-0.39, 0.29) is 58.9 Å². The van der Waals surface area contributed by atoms with E-state index < -0.39 is 16.1 Å². The molecule has 2 aromatic heterocycles. The maximum Gasteiger partial charge on any atom is 0.264 e. The van der Waals surface area contributed by atoms with Crippen LogP contribution in [0.5, 0.6) is 5.88 Å². The summed E-state index contributed by atoms with van der Waals surface area (Å²) in [4.78, 5) is 36.8. The van der Waals surface area contributed by atoms with Gasteiger partial charge in [-0.05, 0) is 67.9 Å². The minimum Gasteiger partial charge on any atom is -0.475 e. The number of ether oxygens (including phenoxy) is 2. The number of carbonyl (C=O) groups is 1. The lowest BCUT2D eigenvalue weighted by atomic mass is 9.87. The Morgan fingerprint density at radius 2 is 1.76 bits per heavy atom. The molecule has 12 nitrogen and oxygen atoms in total. The molecule has 1 N–H and O–H groups in total. The monoisotopic (exact) mass is 699 g/mol. The van der Waals surface area contributed by atoms with Gasteiger partial charge >= 0.3 is 0 Å². The molecule has 50 heavy (non-hydrogen) atoms. The van der Waals surface area contributed by atoms with Gasteiger partial charge in [0.15, 0.2) is 0 Å². The zero-order chi connectivity index (χ0) is 35.8. The van der Waals surface area contributed by atoms with Gasteiger partial charge in [-0.25, -0.2) is 23.1 Å². The van der Waals surface area contributed by atoms with Crippen molar-refractivity contribution in [1.29, 1.82) is 0 Å². The predicted octanol–water partition coefficient (Wildman–Crippen LogP) is 5.80. The van der Waals surface area contributed by atoms with Gasteiger partial charge in [0, 0.05) is 31.4 Å². The first kappa shape index (κ1) is 35.2. The summed E-state index contributed by atoms with van der Waals surface area (Å²) in [5.41, 5.74) is 3.92. The summed E-state index contributed by atoms with van der Waals surface area (Å²) in [6.45, 7) is 10.5. The van der Waals surface area contributed by atoms with Crippen LogP contribution in [0, 0.1) is 19.3 Å². The van der Waals surface area contributed by atoms with Gasteiger partial charge in [-0.15, -0.1) is 0 Å². The zero-order valence-electron chi connectivity index (χ0n) is 29.7. The lowest BCUT2D eigenvalue weighted by Gasteiger charge is -2.42. The number of anilines is 2. The number of amides is 1. The van der Waals surface area contributed by atoms with Crippen molar-refractivity contribution in [1.82, 2.24) is 24.8 Å². The van der Waals surface area contributed by atoms with E-state index in [0.29, 0.717) is 23.6 Å². The molecular weight excluding hydrogens is 655 g/mol. The Labute approximate surface area is 294 Å². The first-order valence-corrected chi connectivity index (χ1v) is 18.3. The molecular formula is C37H45N7O5S. The van der Waals surface area contributed by atoms with Crippen LogP contribution in [0.15, 0.2) is 65.8 Å². The standard InChI is InChI=1S/C37H45N7O5S/c1-23-10-8-11-24(2)34(23)29-17-33-41-36(40-29)42-50(46,47)28-13-9-12-25(16-28)35(45)44(27(22-49-33)18-37(3,4)5)21-26-19-38-20-32(39-26)43(6)30-14-15-31(30)48-7/h8-13,16-17,19-20,27,30-31H,14-15,18,21-22H2,1-7H3,(H,40,41,42)/t27-,30+,31-/m1/s1. The molecule has 6 rings (SSSR count). The molecule has 3 atom stereocenters. The molecule has 13 heteroatoms. The second kappa shape index (κ2) is 13.9. The number of aromatic nitrogens is 4. The summed E-state index contributed by atoms with van der Waals surface area (Å²) in [6, 6.07) is 13.4. The lowest BCUT2D eigenvalue weighted by Crippen LogP contribution is -2.50. The number of nitrogens with one attached hydrogen (secondary N) is 1. The average molecular weight is 700 g/mol. The van der Waals surface area contributed by atoms with Crippen LogP contribution in [0.1, 0.15) is 67.2 Å². The molecule has 1 amide bonds. The van der Waals surface area contributed by atoms with Crippen molar-refractivity contribution in [2.45, 2.75) is 83.5 Å². The number of hydrogen-bond acceptors (Lipinski definition) is 10. The Morgan fingerprint density at radius 1 is 1.02 bits per heavy atom. The van der Waals surface area contributed by atoms with E-state index in [1.165, 1.54) is 12.1 Å². The topological polar surface area (TPSA) is 140 Å². The normalized spacial score (nSPS) is 20.3. The summed E-state index contributed by atoms with van der Waals surface area (Å²) >= 11 is 0. The molecule has 264 valence electrons. The van der Waals surface area contributed by atoms with Crippen LogP contribution < -0.4 is 14.4 Å². The summed E-state index contributed by atoms with van der Waals surface area (Å²) < 4.78 is 42.0. The van der Waals surface area contributed by atoms with Gasteiger partial charge in [-0.3, -0.25) is 9.78 Å². The molecule has 1 fully saturated rings. The van der Waals surface area contributed by atoms with E-state index in [2.05, 4.69) is 45.3 Å². The number of nitrogens with zero attached hydrogens (tertiary/aromatic N) is 6. The van der Waals surface area contributed by atoms with E-state index in [1.54, 1.807) is 42.6 Å². The van der Waals surface area contributed by atoms with E-state index >= 15 is 0 Å². The molecule has 0 spiro atoms. The Hall–Kier alpha value is -4.62. The molecule has 2 aliphatic rings. The van der Waals surface area contributed by atoms with Crippen LogP contribution >= 0.6 is 0 Å². The van der Waals surface area contributed by atoms with Crippen LogP contribution in [0.2, 0.25) is 0 Å². The number of likely N-dealkylation sites (N-methyl/N-ethyl adjacent to an activating group) is 1. The van der Waals surface area contributed by atoms with Gasteiger partial charge in [-0.2, -0.15) is 4.98 Å². The summed E-state index contributed by atoms with van der Waals surface area (Å²) in [7, 11) is -0.487. The smallest absolute Gasteiger partial charge is 0.264 e. The largest absolute Gasteiger partial charge is 0.475 e. The first-order chi connectivity index (χ1) is 23.7. The van der Waals surface area contributed by atoms with Crippen LogP contribution in [-0.2, 0) is 21.3 Å². The molecule has 0 radical (unpaired) electrons. The molecule has 0 saturated heterocycles. The minimum atomic E-state index is -4.19. The zero-order valence-corrected chi connectivity index (χ0v) is 30.5. The van der Waals surface area contributed by atoms with Crippen molar-refractivity contribution in [3.05, 3.63) is 83.3 Å². The van der Waals surface area contributed by atoms with Crippen LogP contribution in [-0.4, -0.2) is 78.1 Å². The van der Waals surface area contributed by atoms with Crippen molar-refractivity contribution < 1.29 is 22.7 Å². The van der Waals surface area contributed by atoms with Gasteiger partial charge in [0.2, 0.25) is 11.8 Å². The lowest BCUT2D eigenvalue weighted by molar-refractivity contribution is 0.0193. The van der Waals surface area contributed by atoms with E-state index in [9.17, 15) is 13.2 Å². The predicted molar refractivity (Wildman–Crippen MR) is 192 cm³/mol. The maximum atomic E-state index is 14.5. The van der Waals surface area contributed by atoms with Crippen molar-refractivity contribution >= 4 is 27.7 Å². The Kier molecular flexibility index (Phi) is 9.82. The van der Waals surface area contributed by atoms with E-state index in [4.69, 9.17) is 14.5 Å². The highest BCUT2D eigenvalue weighted by molar-refractivity contribution is 7.92. The second-order valence-electron chi connectivity index (χ2n) is 14.4. The Balaban J connectivity index is 1.44. The number of rotatable bonds is 7. The number of hydrogen-bond donors (Lipinski definition) is 1. The number of sulfonamides is 1. The van der Waals surface area contributed by atoms with E-state index in [0.717, 1.165) is 29.5 Å². The van der Waals surface area contributed by atoms with E-state index in [1.807, 2.05) is 39.1 Å². The fraction of sp³-hybridized carbons (Fsp3) is 0.432.